The van der Waals surface area contributed by atoms with Gasteiger partial charge in [-0.25, -0.2) is 4.98 Å². The third kappa shape index (κ3) is 1.52. The molecule has 1 fully saturated rings. The van der Waals surface area contributed by atoms with Gasteiger partial charge in [-0.2, -0.15) is 0 Å². The molecule has 84 valence electrons. The van der Waals surface area contributed by atoms with E-state index in [9.17, 15) is 0 Å². The summed E-state index contributed by atoms with van der Waals surface area (Å²) in [7, 11) is 1.97. The lowest BCUT2D eigenvalue weighted by Crippen LogP contribution is -2.05. The van der Waals surface area contributed by atoms with Gasteiger partial charge < -0.3 is 9.72 Å². The third-order valence-electron chi connectivity index (χ3n) is 3.18. The number of aryl methyl sites for hydroxylation is 1. The topological polar surface area (TPSA) is 29.3 Å². The van der Waals surface area contributed by atoms with Crippen molar-refractivity contribution in [1.29, 1.82) is 0 Å². The van der Waals surface area contributed by atoms with Gasteiger partial charge >= 0.3 is 0 Å². The van der Waals surface area contributed by atoms with Gasteiger partial charge in [-0.05, 0) is 38.4 Å². The molecular weight excluding hydrogens is 198 g/mol. The molecule has 1 aliphatic carbocycles. The van der Waals surface area contributed by atoms with Gasteiger partial charge in [0.2, 0.25) is 0 Å². The van der Waals surface area contributed by atoms with E-state index in [1.54, 1.807) is 0 Å². The van der Waals surface area contributed by atoms with Gasteiger partial charge in [0.25, 0.3) is 0 Å². The van der Waals surface area contributed by atoms with Crippen LogP contribution in [-0.2, 0) is 6.54 Å². The summed E-state index contributed by atoms with van der Waals surface area (Å²) in [4.78, 5) is 4.78. The second kappa shape index (κ2) is 3.59. The molecule has 2 aromatic rings. The highest BCUT2D eigenvalue weighted by Gasteiger charge is 2.28. The molecule has 16 heavy (non-hydrogen) atoms. The van der Waals surface area contributed by atoms with Crippen molar-refractivity contribution in [1.82, 2.24) is 14.7 Å². The lowest BCUT2D eigenvalue weighted by atomic mass is 10.2. The molecule has 2 heterocycles. The van der Waals surface area contributed by atoms with Crippen LogP contribution in [0, 0.1) is 6.92 Å². The molecule has 3 nitrogen and oxygen atoms in total. The van der Waals surface area contributed by atoms with Crippen molar-refractivity contribution in [2.45, 2.75) is 32.2 Å². The molecule has 2 aromatic heterocycles. The Balaban J connectivity index is 2.20. The minimum absolute atomic E-state index is 0.694. The summed E-state index contributed by atoms with van der Waals surface area (Å²) < 4.78 is 2.28. The molecule has 3 rings (SSSR count). The van der Waals surface area contributed by atoms with E-state index >= 15 is 0 Å². The van der Waals surface area contributed by atoms with Crippen LogP contribution in [0.15, 0.2) is 18.3 Å². The maximum Gasteiger partial charge on any atom is 0.116 e. The Kier molecular flexibility index (Phi) is 2.21. The van der Waals surface area contributed by atoms with E-state index in [1.807, 2.05) is 7.05 Å². The van der Waals surface area contributed by atoms with Crippen LogP contribution in [0.5, 0.6) is 0 Å². The number of imidazole rings is 1. The van der Waals surface area contributed by atoms with Gasteiger partial charge in [-0.15, -0.1) is 0 Å². The fourth-order valence-corrected chi connectivity index (χ4v) is 2.21. The van der Waals surface area contributed by atoms with Crippen molar-refractivity contribution < 1.29 is 0 Å². The first kappa shape index (κ1) is 9.85. The average molecular weight is 215 g/mol. The Labute approximate surface area is 95.5 Å². The molecule has 0 spiro atoms. The zero-order chi connectivity index (χ0) is 11.1. The van der Waals surface area contributed by atoms with Crippen LogP contribution in [-0.4, -0.2) is 16.4 Å². The summed E-state index contributed by atoms with van der Waals surface area (Å²) in [5.74, 6) is 1.95. The fourth-order valence-electron chi connectivity index (χ4n) is 2.21. The normalized spacial score (nSPS) is 15.9. The molecule has 0 aliphatic heterocycles. The first-order valence-electron chi connectivity index (χ1n) is 5.91. The molecule has 0 aromatic carbocycles. The second-order valence-electron chi connectivity index (χ2n) is 4.68. The maximum absolute atomic E-state index is 4.78. The lowest BCUT2D eigenvalue weighted by Gasteiger charge is -2.00. The molecule has 1 aliphatic rings. The number of hydrogen-bond donors (Lipinski definition) is 1. The SMILES string of the molecule is CNCc1nc(C2CC2)n2cc(C)ccc12. The zero-order valence-corrected chi connectivity index (χ0v) is 9.83. The Morgan fingerprint density at radius 3 is 2.94 bits per heavy atom. The summed E-state index contributed by atoms with van der Waals surface area (Å²) in [6, 6.07) is 4.34. The van der Waals surface area contributed by atoms with Gasteiger partial charge in [0.05, 0.1) is 11.2 Å². The molecule has 0 amide bonds. The minimum atomic E-state index is 0.694. The number of pyridine rings is 1. The molecule has 0 saturated heterocycles. The van der Waals surface area contributed by atoms with Gasteiger partial charge in [-0.1, -0.05) is 6.07 Å². The lowest BCUT2D eigenvalue weighted by molar-refractivity contribution is 0.795. The predicted octanol–water partition coefficient (Wildman–Crippen LogP) is 2.24. The monoisotopic (exact) mass is 215 g/mol. The van der Waals surface area contributed by atoms with Gasteiger partial charge in [-0.3, -0.25) is 0 Å². The van der Waals surface area contributed by atoms with Crippen LogP contribution in [0.4, 0.5) is 0 Å². The van der Waals surface area contributed by atoms with Crippen molar-refractivity contribution in [2.24, 2.45) is 0 Å². The number of nitrogens with one attached hydrogen (secondary N) is 1. The summed E-state index contributed by atoms with van der Waals surface area (Å²) >= 11 is 0. The van der Waals surface area contributed by atoms with E-state index in [0.29, 0.717) is 5.92 Å². The first-order valence-corrected chi connectivity index (χ1v) is 5.91. The van der Waals surface area contributed by atoms with Crippen molar-refractivity contribution in [3.05, 3.63) is 35.4 Å². The van der Waals surface area contributed by atoms with Gasteiger partial charge in [0.1, 0.15) is 5.82 Å². The molecule has 0 unspecified atom stereocenters. The van der Waals surface area contributed by atoms with E-state index in [4.69, 9.17) is 4.98 Å². The third-order valence-corrected chi connectivity index (χ3v) is 3.18. The van der Waals surface area contributed by atoms with Crippen molar-refractivity contribution in [3.8, 4) is 0 Å². The van der Waals surface area contributed by atoms with Crippen LogP contribution in [0.1, 0.15) is 35.8 Å². The molecule has 1 saturated carbocycles. The van der Waals surface area contributed by atoms with Crippen molar-refractivity contribution in [2.75, 3.05) is 7.05 Å². The number of fused-ring (bicyclic) bond motifs is 1. The van der Waals surface area contributed by atoms with Crippen molar-refractivity contribution >= 4 is 5.52 Å². The largest absolute Gasteiger partial charge is 0.314 e. The van der Waals surface area contributed by atoms with Gasteiger partial charge in [0, 0.05) is 18.7 Å². The predicted molar refractivity (Wildman–Crippen MR) is 64.7 cm³/mol. The molecule has 0 bridgehead atoms. The van der Waals surface area contributed by atoms with Crippen LogP contribution in [0.3, 0.4) is 0 Å². The van der Waals surface area contributed by atoms with E-state index in [2.05, 4.69) is 35.0 Å². The summed E-state index contributed by atoms with van der Waals surface area (Å²) in [6.45, 7) is 2.98. The molecule has 0 radical (unpaired) electrons. The molecule has 1 N–H and O–H groups in total. The molecule has 3 heteroatoms. The van der Waals surface area contributed by atoms with Crippen LogP contribution in [0.25, 0.3) is 5.52 Å². The first-order chi connectivity index (χ1) is 7.79. The quantitative estimate of drug-likeness (QED) is 0.850. The number of rotatable bonds is 3. The highest BCUT2D eigenvalue weighted by Crippen LogP contribution is 2.40. The Morgan fingerprint density at radius 1 is 1.44 bits per heavy atom. The van der Waals surface area contributed by atoms with Crippen LogP contribution in [0.2, 0.25) is 0 Å². The van der Waals surface area contributed by atoms with Crippen LogP contribution >= 0.6 is 0 Å². The standard InChI is InChI=1S/C13H17N3/c1-9-3-6-12-11(7-14-2)15-13(10-4-5-10)16(12)8-9/h3,6,8,10,14H,4-5,7H2,1-2H3. The van der Waals surface area contributed by atoms with Crippen LogP contribution < -0.4 is 5.32 Å². The van der Waals surface area contributed by atoms with E-state index in [-0.39, 0.29) is 0 Å². The van der Waals surface area contributed by atoms with E-state index < -0.39 is 0 Å². The number of aromatic nitrogens is 2. The highest BCUT2D eigenvalue weighted by atomic mass is 15.1. The second-order valence-corrected chi connectivity index (χ2v) is 4.68. The Hall–Kier alpha value is -1.35. The van der Waals surface area contributed by atoms with Crippen molar-refractivity contribution in [3.63, 3.8) is 0 Å². The van der Waals surface area contributed by atoms with Gasteiger partial charge in [0.15, 0.2) is 0 Å². The van der Waals surface area contributed by atoms with E-state index in [0.717, 1.165) is 6.54 Å². The smallest absolute Gasteiger partial charge is 0.116 e. The minimum Gasteiger partial charge on any atom is -0.314 e. The fraction of sp³-hybridized carbons (Fsp3) is 0.462. The van der Waals surface area contributed by atoms with E-state index in [1.165, 1.54) is 35.4 Å². The number of hydrogen-bond acceptors (Lipinski definition) is 2. The Bertz CT molecular complexity index is 523. The number of nitrogens with zero attached hydrogens (tertiary/aromatic N) is 2. The highest BCUT2D eigenvalue weighted by molar-refractivity contribution is 5.54. The summed E-state index contributed by atoms with van der Waals surface area (Å²) in [5.41, 5.74) is 3.72. The molecule has 0 atom stereocenters. The summed E-state index contributed by atoms with van der Waals surface area (Å²) in [6.07, 6.45) is 4.80. The maximum atomic E-state index is 4.78. The summed E-state index contributed by atoms with van der Waals surface area (Å²) in [5, 5.41) is 3.19. The molecular formula is C13H17N3. The Morgan fingerprint density at radius 2 is 2.25 bits per heavy atom. The average Bonchev–Trinajstić information content (AvgIpc) is 3.04. The zero-order valence-electron chi connectivity index (χ0n) is 9.83.